The fourth-order valence-electron chi connectivity index (χ4n) is 6.77. The van der Waals surface area contributed by atoms with E-state index in [0.717, 1.165) is 0 Å². The van der Waals surface area contributed by atoms with Crippen LogP contribution in [0.5, 0.6) is 0 Å². The molecule has 24 N–H and O–H groups in total. The summed E-state index contributed by atoms with van der Waals surface area (Å²) >= 11 is 0. The van der Waals surface area contributed by atoms with Gasteiger partial charge in [-0.1, -0.05) is 0 Å². The summed E-state index contributed by atoms with van der Waals surface area (Å²) in [6.07, 6.45) is -0.417. The van der Waals surface area contributed by atoms with Crippen molar-refractivity contribution >= 4 is 133 Å². The van der Waals surface area contributed by atoms with E-state index in [-0.39, 0.29) is 137 Å². The number of aromatic nitrogens is 4. The molecule has 2 aromatic heterocycles. The van der Waals surface area contributed by atoms with Crippen molar-refractivity contribution in [2.75, 3.05) is 68.7 Å². The topological polar surface area (TPSA) is 603 Å². The Labute approximate surface area is 446 Å². The number of nitrogens with zero attached hydrogens (tertiary/aromatic N) is 4. The van der Waals surface area contributed by atoms with Gasteiger partial charge in [0.1, 0.15) is 0 Å². The number of rotatable bonds is 20. The molecule has 0 bridgehead atoms. The molecule has 4 aromatic rings. The van der Waals surface area contributed by atoms with Crippen LogP contribution in [-0.2, 0) is 28.8 Å². The van der Waals surface area contributed by atoms with Crippen LogP contribution in [0.4, 0.5) is 46.3 Å². The van der Waals surface area contributed by atoms with Crippen LogP contribution in [0.15, 0.2) is 58.1 Å². The number of aromatic amines is 2. The molecule has 0 spiro atoms. The number of aliphatic carboxylic acids is 4. The van der Waals surface area contributed by atoms with Gasteiger partial charge in [-0.05, 0) is 61.4 Å². The zero-order chi connectivity index (χ0) is 49.7. The first-order chi connectivity index (χ1) is 32.4. The molecule has 4 heterocycles. The molecule has 2 aliphatic rings. The Balaban J connectivity index is 0. The number of H-pyrrole nitrogens is 2. The fourth-order valence-corrected chi connectivity index (χ4v) is 6.77. The Kier molecular flexibility index (Phi) is 28.7. The third-order valence-electron chi connectivity index (χ3n) is 10.2. The maximum absolute atomic E-state index is 12.3. The minimum Gasteiger partial charge on any atom is -0.548 e. The maximum atomic E-state index is 12.3. The summed E-state index contributed by atoms with van der Waals surface area (Å²) in [4.78, 5) is 131. The number of carbonyl (C=O) groups is 8. The maximum Gasteiger partial charge on any atom is 2.00 e. The van der Waals surface area contributed by atoms with Crippen molar-refractivity contribution in [1.82, 2.24) is 30.6 Å². The van der Waals surface area contributed by atoms with E-state index in [1.54, 1.807) is 24.3 Å². The summed E-state index contributed by atoms with van der Waals surface area (Å²) < 4.78 is 0. The molecular weight excluding hydrogens is 1020 g/mol. The molecule has 6 rings (SSSR count). The number of fused-ring (bicyclic) bond motifs is 2. The van der Waals surface area contributed by atoms with Gasteiger partial charge in [-0.25, -0.2) is 0 Å². The Morgan fingerprint density at radius 2 is 0.959 bits per heavy atom. The molecule has 34 heteroatoms. The van der Waals surface area contributed by atoms with Gasteiger partial charge >= 0.3 is 49.7 Å². The molecule has 0 fully saturated rings. The van der Waals surface area contributed by atoms with Crippen molar-refractivity contribution in [3.8, 4) is 0 Å². The van der Waals surface area contributed by atoms with E-state index in [1.165, 1.54) is 34.1 Å². The molecule has 0 saturated heterocycles. The van der Waals surface area contributed by atoms with E-state index in [9.17, 15) is 58.2 Å². The number of hydrogen-bond donors (Lipinski definition) is 12. The second kappa shape index (κ2) is 31.3. The number of amides is 4. The largest absolute Gasteiger partial charge is 2.00 e. The number of benzene rings is 2. The molecule has 4 atom stereocenters. The van der Waals surface area contributed by atoms with Gasteiger partial charge in [0.15, 0.2) is 23.0 Å². The van der Waals surface area contributed by atoms with E-state index in [2.05, 4.69) is 51.8 Å². The van der Waals surface area contributed by atoms with E-state index >= 15 is 0 Å². The number of nitrogens with two attached hydrogens (primary N) is 2. The third kappa shape index (κ3) is 18.1. The number of carboxylic acids is 4. The minimum absolute atomic E-state index is 0. The Morgan fingerprint density at radius 3 is 1.24 bits per heavy atom. The van der Waals surface area contributed by atoms with Gasteiger partial charge < -0.3 is 111 Å². The van der Waals surface area contributed by atoms with Crippen LogP contribution < -0.4 is 74.5 Å². The van der Waals surface area contributed by atoms with Gasteiger partial charge in [-0.15, -0.1) is 0 Å². The number of nitrogens with one attached hydrogen (secondary N) is 8. The Bertz CT molecular complexity index is 2500. The normalized spacial score (nSPS) is 14.2. The van der Waals surface area contributed by atoms with Crippen LogP contribution >= 0.6 is 0 Å². The molecule has 4 amide bonds. The van der Waals surface area contributed by atoms with Crippen molar-refractivity contribution in [2.24, 2.45) is 0 Å². The zero-order valence-corrected chi connectivity index (χ0v) is 40.9. The minimum atomic E-state index is -1.58. The second-order valence-corrected chi connectivity index (χ2v) is 14.9. The standard InChI is InChI=1S/2C20H23N7O7.Ca.5H2O/c2*21-20-25-16-15(18(32)26-20)27(9-28)12(8-23-16)7-22-11-3-1-10(2-4-11)17(31)24-13(19(33)34)5-6-14(29)30;;;;;;/h2*1-4,9,12-13,22H,5-8H2,(H,24,31)(H,29,30)(H,33,34)(H4,21,23,25,26,32);;5*1H2/q;;+2;;;;;/p-2. The molecule has 4 unspecified atom stereocenters. The molecule has 2 aliphatic heterocycles. The first-order valence-corrected chi connectivity index (χ1v) is 20.3. The van der Waals surface area contributed by atoms with Crippen molar-refractivity contribution in [3.63, 3.8) is 0 Å². The SMILES string of the molecule is Nc1nc2c(c(=O)[nH]1)N(C=O)C(CNc1ccc(C(=O)NC(CCC(=O)O)C(=O)[O-])cc1)CN2.Nc1nc2c(c(=O)[nH]1)N(C=O)C(CNc1ccc(C(=O)NC(CCC(=O)O)C(=O)[O-])cc1)CN2.O.O.O.O.O.[Ca+2]. The molecule has 400 valence electrons. The van der Waals surface area contributed by atoms with E-state index in [0.29, 0.717) is 37.3 Å². The molecule has 2 aromatic carbocycles. The van der Waals surface area contributed by atoms with E-state index in [4.69, 9.17) is 21.7 Å². The predicted octanol–water partition coefficient (Wildman–Crippen LogP) is -8.64. The average Bonchev–Trinajstić information content (AvgIpc) is 3.29. The number of carboxylic acid groups (broad SMARTS) is 4. The van der Waals surface area contributed by atoms with Crippen LogP contribution in [-0.4, -0.2) is 194 Å². The Morgan fingerprint density at radius 1 is 0.635 bits per heavy atom. The van der Waals surface area contributed by atoms with Crippen molar-refractivity contribution < 1.29 is 86.2 Å². The average molecular weight is 1080 g/mol. The first-order valence-electron chi connectivity index (χ1n) is 20.3. The first kappa shape index (κ1) is 67.9. The number of anilines is 8. The summed E-state index contributed by atoms with van der Waals surface area (Å²) in [6.45, 7) is 1.11. The van der Waals surface area contributed by atoms with Gasteiger partial charge in [-0.3, -0.25) is 48.3 Å². The van der Waals surface area contributed by atoms with Crippen LogP contribution in [0.2, 0.25) is 0 Å². The van der Waals surface area contributed by atoms with Crippen molar-refractivity contribution in [1.29, 1.82) is 0 Å². The summed E-state index contributed by atoms with van der Waals surface area (Å²) in [6, 6.07) is 8.35. The monoisotopic (exact) mass is 1070 g/mol. The van der Waals surface area contributed by atoms with E-state index < -0.39 is 83.8 Å². The summed E-state index contributed by atoms with van der Waals surface area (Å²) in [5, 5.41) is 56.3. The summed E-state index contributed by atoms with van der Waals surface area (Å²) in [5.41, 5.74) is 11.6. The van der Waals surface area contributed by atoms with E-state index in [1.807, 2.05) is 0 Å². The number of nitrogen functional groups attached to an aromatic ring is 2. The number of hydrogen-bond acceptors (Lipinski definition) is 20. The molecular formula is C40H54CaN14O19. The van der Waals surface area contributed by atoms with Gasteiger partial charge in [0.2, 0.25) is 24.7 Å². The zero-order valence-electron chi connectivity index (χ0n) is 38.7. The van der Waals surface area contributed by atoms with Gasteiger partial charge in [0, 0.05) is 61.5 Å². The predicted molar refractivity (Wildman–Crippen MR) is 260 cm³/mol. The second-order valence-electron chi connectivity index (χ2n) is 14.9. The Hall–Kier alpha value is -8.18. The fraction of sp³-hybridized carbons (Fsp3) is 0.300. The van der Waals surface area contributed by atoms with Gasteiger partial charge in [0.25, 0.3) is 22.9 Å². The van der Waals surface area contributed by atoms with Crippen LogP contribution in [0.25, 0.3) is 0 Å². The number of carbonyl (C=O) groups excluding carboxylic acids is 6. The van der Waals surface area contributed by atoms with Crippen LogP contribution in [0.1, 0.15) is 46.4 Å². The smallest absolute Gasteiger partial charge is 0.548 e. The quantitative estimate of drug-likeness (QED) is 0.0289. The molecule has 0 aliphatic carbocycles. The van der Waals surface area contributed by atoms with Crippen molar-refractivity contribution in [3.05, 3.63) is 80.4 Å². The molecule has 33 nitrogen and oxygen atoms in total. The summed E-state index contributed by atoms with van der Waals surface area (Å²) in [5.74, 6) is -6.66. The molecule has 74 heavy (non-hydrogen) atoms. The van der Waals surface area contributed by atoms with Crippen LogP contribution in [0, 0.1) is 0 Å². The third-order valence-corrected chi connectivity index (χ3v) is 10.2. The molecule has 0 radical (unpaired) electrons. The molecule has 0 saturated carbocycles. The van der Waals surface area contributed by atoms with Crippen LogP contribution in [0.3, 0.4) is 0 Å². The van der Waals surface area contributed by atoms with Gasteiger partial charge in [0.05, 0.1) is 36.1 Å². The summed E-state index contributed by atoms with van der Waals surface area (Å²) in [7, 11) is 0. The van der Waals surface area contributed by atoms with Gasteiger partial charge in [-0.2, -0.15) is 9.97 Å². The van der Waals surface area contributed by atoms with Crippen molar-refractivity contribution in [2.45, 2.75) is 49.9 Å².